The summed E-state index contributed by atoms with van der Waals surface area (Å²) in [6, 6.07) is 24.2. The Bertz CT molecular complexity index is 921. The molecule has 0 N–H and O–H groups in total. The molecular weight excluding hydrogens is 458 g/mol. The molecule has 5 heteroatoms. The second-order valence-electron chi connectivity index (χ2n) is 6.47. The van der Waals surface area contributed by atoms with Gasteiger partial charge in [-0.25, -0.2) is 0 Å². The molecule has 0 saturated carbocycles. The summed E-state index contributed by atoms with van der Waals surface area (Å²) in [6.45, 7) is 4.56. The van der Waals surface area contributed by atoms with Crippen LogP contribution in [-0.4, -0.2) is 9.04 Å². The molecule has 0 heterocycles. The largest absolute Gasteiger partial charge is 1.00 e. The number of halogens is 2. The van der Waals surface area contributed by atoms with Crippen LogP contribution >= 0.6 is 0 Å². The van der Waals surface area contributed by atoms with Gasteiger partial charge in [-0.2, -0.15) is 0 Å². The third kappa shape index (κ3) is 4.24. The van der Waals surface area contributed by atoms with E-state index in [0.29, 0.717) is 3.63 Å². The van der Waals surface area contributed by atoms with Gasteiger partial charge in [0.15, 0.2) is 0 Å². The number of rotatable bonds is 4. The number of hydrogen-bond acceptors (Lipinski definition) is 1. The molecule has 0 fully saturated rings. The van der Waals surface area contributed by atoms with E-state index >= 15 is 0 Å². The average Bonchev–Trinajstić information content (AvgIpc) is 2.98. The number of benzene rings is 3. The zero-order valence-electron chi connectivity index (χ0n) is 14.7. The van der Waals surface area contributed by atoms with Crippen LogP contribution in [-0.2, 0) is 26.2 Å². The van der Waals surface area contributed by atoms with E-state index in [9.17, 15) is 0 Å². The molecule has 1 aliphatic rings. The first-order valence-corrected chi connectivity index (χ1v) is 13.6. The molecule has 132 valence electrons. The third-order valence-corrected chi connectivity index (χ3v) is 11.6. The average molecular weight is 479 g/mol. The third-order valence-electron chi connectivity index (χ3n) is 4.45. The topological polar surface area (TPSA) is 9.23 Å². The predicted octanol–water partition coefficient (Wildman–Crippen LogP) is -0.559. The maximum atomic E-state index is 6.31. The second-order valence-corrected chi connectivity index (χ2v) is 12.5. The summed E-state index contributed by atoms with van der Waals surface area (Å²) in [4.78, 5) is 0. The van der Waals surface area contributed by atoms with Gasteiger partial charge in [-0.3, -0.25) is 0 Å². The van der Waals surface area contributed by atoms with Crippen molar-refractivity contribution < 1.29 is 51.0 Å². The van der Waals surface area contributed by atoms with Crippen molar-refractivity contribution in [2.24, 2.45) is 0 Å². The van der Waals surface area contributed by atoms with Crippen molar-refractivity contribution in [2.75, 3.05) is 0 Å². The van der Waals surface area contributed by atoms with Crippen LogP contribution < -0.4 is 24.8 Å². The first-order chi connectivity index (χ1) is 11.7. The Labute approximate surface area is 181 Å². The fraction of sp³-hybridized carbons (Fsp3) is 0.143. The van der Waals surface area contributed by atoms with Gasteiger partial charge in [0.1, 0.15) is 0 Å². The van der Waals surface area contributed by atoms with Crippen molar-refractivity contribution in [1.82, 2.24) is 0 Å². The Morgan fingerprint density at radius 3 is 2.35 bits per heavy atom. The maximum absolute atomic E-state index is 6.31. The monoisotopic (exact) mass is 476 g/mol. The minimum absolute atomic E-state index is 0. The fourth-order valence-electron chi connectivity index (χ4n) is 3.37. The van der Waals surface area contributed by atoms with Gasteiger partial charge in [0.2, 0.25) is 0 Å². The molecule has 0 spiro atoms. The van der Waals surface area contributed by atoms with Crippen molar-refractivity contribution in [3.05, 3.63) is 83.4 Å². The van der Waals surface area contributed by atoms with Gasteiger partial charge in [0.25, 0.3) is 0 Å². The number of hydrogen-bond donors (Lipinski definition) is 0. The van der Waals surface area contributed by atoms with Crippen LogP contribution in [0.4, 0.5) is 0 Å². The molecule has 0 radical (unpaired) electrons. The quantitative estimate of drug-likeness (QED) is 0.457. The Hall–Kier alpha value is -0.700. The minimum Gasteiger partial charge on any atom is -1.00 e. The van der Waals surface area contributed by atoms with E-state index in [1.165, 1.54) is 33.0 Å². The summed E-state index contributed by atoms with van der Waals surface area (Å²) in [5.41, 5.74) is 5.69. The van der Waals surface area contributed by atoms with Crippen molar-refractivity contribution in [3.63, 3.8) is 0 Å². The summed E-state index contributed by atoms with van der Waals surface area (Å²) >= 11 is -0.951. The molecule has 1 atom stereocenters. The summed E-state index contributed by atoms with van der Waals surface area (Å²) in [5, 5.41) is 2.67. The van der Waals surface area contributed by atoms with Crippen molar-refractivity contribution in [2.45, 2.75) is 16.7 Å². The molecule has 1 nitrogen and oxygen atoms in total. The van der Waals surface area contributed by atoms with Crippen molar-refractivity contribution >= 4 is 31.5 Å². The molecule has 0 aliphatic heterocycles. The van der Waals surface area contributed by atoms with Gasteiger partial charge in [-0.05, 0) is 0 Å². The molecule has 0 saturated heterocycles. The van der Waals surface area contributed by atoms with Gasteiger partial charge >= 0.3 is 158 Å². The molecule has 3 aromatic rings. The van der Waals surface area contributed by atoms with Crippen LogP contribution in [0.5, 0.6) is 0 Å². The molecular formula is C21H20Cl2OSiZr. The number of fused-ring (bicyclic) bond motifs is 2. The van der Waals surface area contributed by atoms with Gasteiger partial charge < -0.3 is 24.8 Å². The van der Waals surface area contributed by atoms with Gasteiger partial charge in [-0.15, -0.1) is 0 Å². The Morgan fingerprint density at radius 2 is 1.54 bits per heavy atom. The number of allylic oxidation sites excluding steroid dienone is 1. The Balaban J connectivity index is 0.00000121. The van der Waals surface area contributed by atoms with Crippen LogP contribution in [0.3, 0.4) is 0 Å². The van der Waals surface area contributed by atoms with Crippen LogP contribution in [0.2, 0.25) is 13.1 Å². The molecule has 26 heavy (non-hydrogen) atoms. The standard InChI is InChI=1S/C19H13.C2H7OSi.2ClH.Zr/c1-2-8-16-13-17(12-15(16)7-1)19-11-5-9-14-6-3-4-10-18(14)19;1-4(2)3;;;/h1-13H;4H,1-2H3;2*1H;/q;-1;;;+3/p-2. The van der Waals surface area contributed by atoms with Crippen LogP contribution in [0.1, 0.15) is 20.3 Å². The summed E-state index contributed by atoms with van der Waals surface area (Å²) in [6.07, 6.45) is 2.40. The van der Waals surface area contributed by atoms with Crippen LogP contribution in [0, 0.1) is 0 Å². The van der Waals surface area contributed by atoms with E-state index < -0.39 is 32.7 Å². The van der Waals surface area contributed by atoms with Crippen LogP contribution in [0.15, 0.2) is 66.7 Å². The SMILES string of the molecule is C[SiH](C)[O][Zr+2][CH]1C(c2cccc3ccccc23)=Cc2ccccc21.[Cl-].[Cl-]. The van der Waals surface area contributed by atoms with E-state index in [-0.39, 0.29) is 24.8 Å². The zero-order valence-corrected chi connectivity index (χ0v) is 19.9. The van der Waals surface area contributed by atoms with E-state index in [1.54, 1.807) is 0 Å². The van der Waals surface area contributed by atoms with E-state index in [1.807, 2.05) is 0 Å². The normalized spacial score (nSPS) is 14.9. The molecule has 1 unspecified atom stereocenters. The van der Waals surface area contributed by atoms with E-state index in [0.717, 1.165) is 0 Å². The molecule has 3 aromatic carbocycles. The first-order valence-electron chi connectivity index (χ1n) is 8.44. The van der Waals surface area contributed by atoms with E-state index in [4.69, 9.17) is 2.50 Å². The molecule has 0 aromatic heterocycles. The summed E-state index contributed by atoms with van der Waals surface area (Å²) in [5.74, 6) is 0. The van der Waals surface area contributed by atoms with Gasteiger partial charge in [0.05, 0.1) is 0 Å². The van der Waals surface area contributed by atoms with Gasteiger partial charge in [-0.1, -0.05) is 0 Å². The zero-order chi connectivity index (χ0) is 16.5. The van der Waals surface area contributed by atoms with E-state index in [2.05, 4.69) is 85.9 Å². The van der Waals surface area contributed by atoms with Gasteiger partial charge in [0, 0.05) is 0 Å². The van der Waals surface area contributed by atoms with Crippen molar-refractivity contribution in [3.8, 4) is 0 Å². The Kier molecular flexibility index (Phi) is 7.88. The Morgan fingerprint density at radius 1 is 0.846 bits per heavy atom. The maximum Gasteiger partial charge on any atom is -1.00 e. The smallest absolute Gasteiger partial charge is 1.00 e. The molecule has 0 bridgehead atoms. The molecule has 0 amide bonds. The minimum atomic E-state index is -0.963. The second kappa shape index (κ2) is 9.48. The first kappa shape index (κ1) is 21.6. The molecule has 4 rings (SSSR count). The molecule has 1 aliphatic carbocycles. The van der Waals surface area contributed by atoms with Crippen molar-refractivity contribution in [1.29, 1.82) is 0 Å². The van der Waals surface area contributed by atoms with Crippen LogP contribution in [0.25, 0.3) is 22.4 Å². The predicted molar refractivity (Wildman–Crippen MR) is 101 cm³/mol. The fourth-order valence-corrected chi connectivity index (χ4v) is 8.64. The summed E-state index contributed by atoms with van der Waals surface area (Å²) in [7, 11) is -0.963. The summed E-state index contributed by atoms with van der Waals surface area (Å²) < 4.78 is 6.82.